The third kappa shape index (κ3) is 4.06. The number of rotatable bonds is 6. The van der Waals surface area contributed by atoms with Crippen molar-refractivity contribution in [2.45, 2.75) is 45.6 Å². The Bertz CT molecular complexity index is 470. The molecule has 0 aromatic heterocycles. The summed E-state index contributed by atoms with van der Waals surface area (Å²) in [6, 6.07) is 5.98. The summed E-state index contributed by atoms with van der Waals surface area (Å²) in [4.78, 5) is 12.1. The standard InChI is InChI=1S/C16H22BrNO2/c1-3-12-10-13(17)5-6-15(12)18-16(19)9-11-7-14(8-11)20-4-2/h5-6,10-11,14H,3-4,7-9H2,1-2H3,(H,18,19). The molecule has 20 heavy (non-hydrogen) atoms. The monoisotopic (exact) mass is 339 g/mol. The minimum atomic E-state index is 0.113. The van der Waals surface area contributed by atoms with Crippen LogP contribution in [0.4, 0.5) is 5.69 Å². The number of hydrogen-bond donors (Lipinski definition) is 1. The van der Waals surface area contributed by atoms with Crippen molar-refractivity contribution in [2.75, 3.05) is 11.9 Å². The van der Waals surface area contributed by atoms with Gasteiger partial charge in [0.15, 0.2) is 0 Å². The summed E-state index contributed by atoms with van der Waals surface area (Å²) in [6.07, 6.45) is 3.91. The van der Waals surface area contributed by atoms with Gasteiger partial charge in [0.1, 0.15) is 0 Å². The van der Waals surface area contributed by atoms with Gasteiger partial charge in [0.2, 0.25) is 5.91 Å². The van der Waals surface area contributed by atoms with Crippen LogP contribution in [0, 0.1) is 5.92 Å². The van der Waals surface area contributed by atoms with Gasteiger partial charge >= 0.3 is 0 Å². The molecule has 1 fully saturated rings. The van der Waals surface area contributed by atoms with Crippen LogP contribution in [0.5, 0.6) is 0 Å². The zero-order valence-electron chi connectivity index (χ0n) is 12.1. The molecule has 1 amide bonds. The van der Waals surface area contributed by atoms with Gasteiger partial charge in [0.05, 0.1) is 6.10 Å². The average Bonchev–Trinajstić information content (AvgIpc) is 2.38. The van der Waals surface area contributed by atoms with Crippen LogP contribution in [0.3, 0.4) is 0 Å². The molecule has 0 unspecified atom stereocenters. The van der Waals surface area contributed by atoms with Gasteiger partial charge in [0, 0.05) is 23.2 Å². The largest absolute Gasteiger partial charge is 0.378 e. The van der Waals surface area contributed by atoms with E-state index < -0.39 is 0 Å². The summed E-state index contributed by atoms with van der Waals surface area (Å²) in [5.41, 5.74) is 2.09. The van der Waals surface area contributed by atoms with E-state index in [0.29, 0.717) is 18.4 Å². The number of anilines is 1. The third-order valence-corrected chi connectivity index (χ3v) is 4.28. The van der Waals surface area contributed by atoms with Crippen molar-refractivity contribution in [1.29, 1.82) is 0 Å². The molecule has 3 nitrogen and oxygen atoms in total. The molecule has 1 N–H and O–H groups in total. The molecular weight excluding hydrogens is 318 g/mol. The molecular formula is C16H22BrNO2. The van der Waals surface area contributed by atoms with Gasteiger partial charge in [-0.15, -0.1) is 0 Å². The van der Waals surface area contributed by atoms with Gasteiger partial charge in [-0.05, 0) is 55.9 Å². The average molecular weight is 340 g/mol. The third-order valence-electron chi connectivity index (χ3n) is 3.79. The topological polar surface area (TPSA) is 38.3 Å². The van der Waals surface area contributed by atoms with Gasteiger partial charge in [-0.25, -0.2) is 0 Å². The van der Waals surface area contributed by atoms with Gasteiger partial charge < -0.3 is 10.1 Å². The molecule has 0 aliphatic heterocycles. The summed E-state index contributed by atoms with van der Waals surface area (Å²) in [5.74, 6) is 0.592. The number of halogens is 1. The summed E-state index contributed by atoms with van der Waals surface area (Å²) in [6.45, 7) is 4.87. The lowest BCUT2D eigenvalue weighted by Crippen LogP contribution is -2.34. The number of aryl methyl sites for hydroxylation is 1. The lowest BCUT2D eigenvalue weighted by atomic mass is 9.80. The van der Waals surface area contributed by atoms with Crippen LogP contribution in [0.15, 0.2) is 22.7 Å². The van der Waals surface area contributed by atoms with Crippen molar-refractivity contribution in [2.24, 2.45) is 5.92 Å². The number of amides is 1. The van der Waals surface area contributed by atoms with E-state index in [2.05, 4.69) is 34.2 Å². The Hall–Kier alpha value is -0.870. The predicted molar refractivity (Wildman–Crippen MR) is 84.9 cm³/mol. The van der Waals surface area contributed by atoms with Gasteiger partial charge in [-0.2, -0.15) is 0 Å². The molecule has 1 aromatic carbocycles. The Morgan fingerprint density at radius 2 is 2.15 bits per heavy atom. The summed E-state index contributed by atoms with van der Waals surface area (Å²) < 4.78 is 6.57. The molecule has 0 spiro atoms. The first-order chi connectivity index (χ1) is 9.62. The normalized spacial score (nSPS) is 21.4. The van der Waals surface area contributed by atoms with Crippen molar-refractivity contribution in [3.8, 4) is 0 Å². The van der Waals surface area contributed by atoms with E-state index in [1.165, 1.54) is 0 Å². The Kier molecular flexibility index (Phi) is 5.61. The van der Waals surface area contributed by atoms with Crippen molar-refractivity contribution in [3.05, 3.63) is 28.2 Å². The summed E-state index contributed by atoms with van der Waals surface area (Å²) in [5, 5.41) is 3.03. The maximum atomic E-state index is 12.1. The molecule has 0 heterocycles. The SMILES string of the molecule is CCOC1CC(CC(=O)Nc2ccc(Br)cc2CC)C1. The Labute approximate surface area is 129 Å². The minimum Gasteiger partial charge on any atom is -0.378 e. The van der Waals surface area contributed by atoms with Crippen molar-refractivity contribution < 1.29 is 9.53 Å². The zero-order chi connectivity index (χ0) is 14.5. The first kappa shape index (κ1) is 15.5. The maximum absolute atomic E-state index is 12.1. The zero-order valence-corrected chi connectivity index (χ0v) is 13.7. The molecule has 0 saturated heterocycles. The number of nitrogens with one attached hydrogen (secondary N) is 1. The van der Waals surface area contributed by atoms with E-state index in [-0.39, 0.29) is 5.91 Å². The van der Waals surface area contributed by atoms with E-state index in [0.717, 1.165) is 41.6 Å². The molecule has 1 aromatic rings. The van der Waals surface area contributed by atoms with E-state index in [1.54, 1.807) is 0 Å². The number of benzene rings is 1. The molecule has 0 atom stereocenters. The highest BCUT2D eigenvalue weighted by Crippen LogP contribution is 2.33. The first-order valence-corrected chi connectivity index (χ1v) is 8.11. The second kappa shape index (κ2) is 7.23. The maximum Gasteiger partial charge on any atom is 0.224 e. The fraction of sp³-hybridized carbons (Fsp3) is 0.562. The van der Waals surface area contributed by atoms with E-state index in [9.17, 15) is 4.79 Å². The lowest BCUT2D eigenvalue weighted by Gasteiger charge is -2.34. The van der Waals surface area contributed by atoms with E-state index in [4.69, 9.17) is 4.74 Å². The molecule has 110 valence electrons. The Balaban J connectivity index is 1.83. The fourth-order valence-electron chi connectivity index (χ4n) is 2.65. The molecule has 4 heteroatoms. The van der Waals surface area contributed by atoms with Crippen LogP contribution < -0.4 is 5.32 Å². The van der Waals surface area contributed by atoms with Crippen LogP contribution in [0.25, 0.3) is 0 Å². The van der Waals surface area contributed by atoms with Gasteiger partial charge in [-0.1, -0.05) is 22.9 Å². The van der Waals surface area contributed by atoms with Crippen LogP contribution >= 0.6 is 15.9 Å². The lowest BCUT2D eigenvalue weighted by molar-refractivity contribution is -0.119. The number of ether oxygens (including phenoxy) is 1. The smallest absolute Gasteiger partial charge is 0.224 e. The Morgan fingerprint density at radius 1 is 1.40 bits per heavy atom. The molecule has 1 saturated carbocycles. The highest BCUT2D eigenvalue weighted by Gasteiger charge is 2.31. The second-order valence-electron chi connectivity index (χ2n) is 5.32. The first-order valence-electron chi connectivity index (χ1n) is 7.32. The quantitative estimate of drug-likeness (QED) is 0.845. The molecule has 1 aliphatic rings. The van der Waals surface area contributed by atoms with Crippen molar-refractivity contribution in [1.82, 2.24) is 0 Å². The van der Waals surface area contributed by atoms with Crippen LogP contribution in [0.1, 0.15) is 38.7 Å². The van der Waals surface area contributed by atoms with Crippen LogP contribution in [-0.4, -0.2) is 18.6 Å². The fourth-order valence-corrected chi connectivity index (χ4v) is 3.06. The van der Waals surface area contributed by atoms with Crippen molar-refractivity contribution in [3.63, 3.8) is 0 Å². The van der Waals surface area contributed by atoms with E-state index >= 15 is 0 Å². The Morgan fingerprint density at radius 3 is 2.80 bits per heavy atom. The minimum absolute atomic E-state index is 0.113. The molecule has 2 rings (SSSR count). The highest BCUT2D eigenvalue weighted by atomic mass is 79.9. The van der Waals surface area contributed by atoms with Crippen LogP contribution in [0.2, 0.25) is 0 Å². The highest BCUT2D eigenvalue weighted by molar-refractivity contribution is 9.10. The summed E-state index contributed by atoms with van der Waals surface area (Å²) in [7, 11) is 0. The van der Waals surface area contributed by atoms with Gasteiger partial charge in [-0.3, -0.25) is 4.79 Å². The molecule has 0 radical (unpaired) electrons. The van der Waals surface area contributed by atoms with E-state index in [1.807, 2.05) is 19.1 Å². The summed E-state index contributed by atoms with van der Waals surface area (Å²) >= 11 is 3.46. The molecule has 0 bridgehead atoms. The molecule has 1 aliphatic carbocycles. The number of carbonyl (C=O) groups excluding carboxylic acids is 1. The van der Waals surface area contributed by atoms with Crippen LogP contribution in [-0.2, 0) is 16.0 Å². The van der Waals surface area contributed by atoms with Gasteiger partial charge in [0.25, 0.3) is 0 Å². The number of hydrogen-bond acceptors (Lipinski definition) is 2. The second-order valence-corrected chi connectivity index (χ2v) is 6.24. The van der Waals surface area contributed by atoms with Crippen molar-refractivity contribution >= 4 is 27.5 Å². The number of carbonyl (C=O) groups is 1. The predicted octanol–water partition coefficient (Wildman–Crippen LogP) is 4.16.